The maximum atomic E-state index is 5.21. The fourth-order valence-electron chi connectivity index (χ4n) is 6.39. The lowest BCUT2D eigenvalue weighted by atomic mass is 9.96. The second-order valence-electron chi connectivity index (χ2n) is 11.5. The Morgan fingerprint density at radius 3 is 1.76 bits per heavy atom. The molecule has 0 saturated carbocycles. The number of hydrogen-bond acceptors (Lipinski definition) is 4. The fraction of sp³-hybridized carbons (Fsp3) is 0. The summed E-state index contributed by atoms with van der Waals surface area (Å²) in [5, 5.41) is 4.62. The minimum Gasteiger partial charge on any atom is -0.253 e. The summed E-state index contributed by atoms with van der Waals surface area (Å²) in [7, 11) is 0. The quantitative estimate of drug-likeness (QED) is 0.193. The molecule has 9 rings (SSSR count). The molecule has 0 N–H and O–H groups in total. The third-order valence-electron chi connectivity index (χ3n) is 8.76. The zero-order chi connectivity index (χ0) is 30.5. The van der Waals surface area contributed by atoms with Crippen LogP contribution >= 0.6 is 0 Å². The average Bonchev–Trinajstić information content (AvgIpc) is 3.14. The first-order valence-corrected chi connectivity index (χ1v) is 15.4. The van der Waals surface area contributed by atoms with Gasteiger partial charge in [0.2, 0.25) is 0 Å². The van der Waals surface area contributed by atoms with Gasteiger partial charge in [-0.1, -0.05) is 115 Å². The molecule has 4 heteroatoms. The molecule has 0 spiro atoms. The molecule has 0 atom stereocenters. The van der Waals surface area contributed by atoms with Crippen molar-refractivity contribution < 1.29 is 0 Å². The molecule has 9 aromatic rings. The molecule has 6 aromatic carbocycles. The summed E-state index contributed by atoms with van der Waals surface area (Å²) in [6.45, 7) is 0. The first kappa shape index (κ1) is 26.2. The van der Waals surface area contributed by atoms with Gasteiger partial charge < -0.3 is 0 Å². The Kier molecular flexibility index (Phi) is 6.10. The molecule has 214 valence electrons. The van der Waals surface area contributed by atoms with Gasteiger partial charge in [-0.05, 0) is 63.4 Å². The van der Waals surface area contributed by atoms with E-state index in [4.69, 9.17) is 9.97 Å². The van der Waals surface area contributed by atoms with Gasteiger partial charge in [0.05, 0.1) is 33.5 Å². The predicted molar refractivity (Wildman–Crippen MR) is 189 cm³/mol. The van der Waals surface area contributed by atoms with Crippen LogP contribution in [0.25, 0.3) is 88.4 Å². The van der Waals surface area contributed by atoms with Crippen molar-refractivity contribution >= 4 is 43.6 Å². The van der Waals surface area contributed by atoms with E-state index in [2.05, 4.69) is 149 Å². The fourth-order valence-corrected chi connectivity index (χ4v) is 6.39. The van der Waals surface area contributed by atoms with Crippen LogP contribution < -0.4 is 0 Å². The number of benzene rings is 6. The normalized spacial score (nSPS) is 11.5. The Morgan fingerprint density at radius 1 is 0.348 bits per heavy atom. The van der Waals surface area contributed by atoms with Crippen molar-refractivity contribution in [3.05, 3.63) is 158 Å². The highest BCUT2D eigenvalue weighted by Gasteiger charge is 2.11. The van der Waals surface area contributed by atoms with Gasteiger partial charge in [-0.15, -0.1) is 0 Å². The smallest absolute Gasteiger partial charge is 0.0972 e. The van der Waals surface area contributed by atoms with Crippen LogP contribution in [0, 0.1) is 0 Å². The standard InChI is InChI=1S/C42H26N4/c1-2-9-35-28(5-1)6-4-10-36(35)33-7-3-8-34(25-33)38-21-18-31-16-15-30-17-20-37(45-41(30)42(31)46-38)29-13-11-27(12-14-29)32-19-22-39-40(26-32)44-24-23-43-39/h1-26H. The van der Waals surface area contributed by atoms with Crippen molar-refractivity contribution in [2.75, 3.05) is 0 Å². The predicted octanol–water partition coefficient (Wildman–Crippen LogP) is 10.5. The molecular weight excluding hydrogens is 560 g/mol. The van der Waals surface area contributed by atoms with Crippen LogP contribution in [-0.2, 0) is 0 Å². The summed E-state index contributed by atoms with van der Waals surface area (Å²) in [6, 6.07) is 51.2. The molecule has 0 unspecified atom stereocenters. The van der Waals surface area contributed by atoms with Gasteiger partial charge in [0.25, 0.3) is 0 Å². The maximum absolute atomic E-state index is 5.21. The van der Waals surface area contributed by atoms with E-state index in [1.807, 2.05) is 6.07 Å². The Morgan fingerprint density at radius 2 is 0.957 bits per heavy atom. The monoisotopic (exact) mass is 586 g/mol. The van der Waals surface area contributed by atoms with Crippen LogP contribution in [0.4, 0.5) is 0 Å². The van der Waals surface area contributed by atoms with Crippen LogP contribution in [0.3, 0.4) is 0 Å². The van der Waals surface area contributed by atoms with Gasteiger partial charge in [0, 0.05) is 34.3 Å². The molecule has 3 aromatic heterocycles. The lowest BCUT2D eigenvalue weighted by Gasteiger charge is -2.11. The number of hydrogen-bond donors (Lipinski definition) is 0. The molecule has 0 aliphatic heterocycles. The highest BCUT2D eigenvalue weighted by atomic mass is 14.8. The Labute approximate surface area is 265 Å². The lowest BCUT2D eigenvalue weighted by Crippen LogP contribution is -1.91. The van der Waals surface area contributed by atoms with Crippen molar-refractivity contribution in [1.82, 2.24) is 19.9 Å². The van der Waals surface area contributed by atoms with E-state index in [0.717, 1.165) is 66.5 Å². The molecule has 0 fully saturated rings. The number of aromatic nitrogens is 4. The van der Waals surface area contributed by atoms with Crippen LogP contribution in [0.15, 0.2) is 158 Å². The van der Waals surface area contributed by atoms with Crippen LogP contribution in [0.5, 0.6) is 0 Å². The van der Waals surface area contributed by atoms with E-state index in [0.29, 0.717) is 0 Å². The molecular formula is C42H26N4. The molecule has 0 bridgehead atoms. The summed E-state index contributed by atoms with van der Waals surface area (Å²) < 4.78 is 0. The topological polar surface area (TPSA) is 51.6 Å². The third kappa shape index (κ3) is 4.56. The molecule has 3 heterocycles. The van der Waals surface area contributed by atoms with Crippen LogP contribution in [-0.4, -0.2) is 19.9 Å². The molecule has 0 aliphatic rings. The summed E-state index contributed by atoms with van der Waals surface area (Å²) in [5.74, 6) is 0. The van der Waals surface area contributed by atoms with Gasteiger partial charge in [-0.25, -0.2) is 9.97 Å². The molecule has 0 saturated heterocycles. The van der Waals surface area contributed by atoms with Crippen molar-refractivity contribution in [3.63, 3.8) is 0 Å². The summed E-state index contributed by atoms with van der Waals surface area (Å²) >= 11 is 0. The van der Waals surface area contributed by atoms with Gasteiger partial charge in [0.1, 0.15) is 0 Å². The zero-order valence-electron chi connectivity index (χ0n) is 24.8. The minimum atomic E-state index is 0.888. The second kappa shape index (κ2) is 10.7. The van der Waals surface area contributed by atoms with E-state index >= 15 is 0 Å². The molecule has 4 nitrogen and oxygen atoms in total. The number of nitrogens with zero attached hydrogens (tertiary/aromatic N) is 4. The van der Waals surface area contributed by atoms with Gasteiger partial charge in [0.15, 0.2) is 0 Å². The van der Waals surface area contributed by atoms with Crippen molar-refractivity contribution in [3.8, 4) is 44.8 Å². The first-order valence-electron chi connectivity index (χ1n) is 15.4. The van der Waals surface area contributed by atoms with E-state index in [1.54, 1.807) is 12.4 Å². The van der Waals surface area contributed by atoms with Crippen molar-refractivity contribution in [1.29, 1.82) is 0 Å². The summed E-state index contributed by atoms with van der Waals surface area (Å²) in [5.41, 5.74) is 12.2. The van der Waals surface area contributed by atoms with Crippen molar-refractivity contribution in [2.45, 2.75) is 0 Å². The lowest BCUT2D eigenvalue weighted by molar-refractivity contribution is 1.29. The minimum absolute atomic E-state index is 0.888. The molecule has 0 amide bonds. The first-order chi connectivity index (χ1) is 22.8. The summed E-state index contributed by atoms with van der Waals surface area (Å²) in [4.78, 5) is 19.2. The summed E-state index contributed by atoms with van der Waals surface area (Å²) in [6.07, 6.45) is 3.45. The van der Waals surface area contributed by atoms with Crippen LogP contribution in [0.2, 0.25) is 0 Å². The molecule has 0 radical (unpaired) electrons. The highest BCUT2D eigenvalue weighted by molar-refractivity contribution is 6.04. The van der Waals surface area contributed by atoms with Gasteiger partial charge >= 0.3 is 0 Å². The van der Waals surface area contributed by atoms with E-state index < -0.39 is 0 Å². The Hall–Kier alpha value is -6.26. The number of rotatable bonds is 4. The van der Waals surface area contributed by atoms with E-state index in [9.17, 15) is 0 Å². The van der Waals surface area contributed by atoms with E-state index in [1.165, 1.54) is 21.9 Å². The molecule has 46 heavy (non-hydrogen) atoms. The Bertz CT molecular complexity index is 2580. The second-order valence-corrected chi connectivity index (χ2v) is 11.5. The largest absolute Gasteiger partial charge is 0.253 e. The zero-order valence-corrected chi connectivity index (χ0v) is 24.8. The Balaban J connectivity index is 1.10. The number of fused-ring (bicyclic) bond motifs is 5. The third-order valence-corrected chi connectivity index (χ3v) is 8.76. The molecule has 0 aliphatic carbocycles. The highest BCUT2D eigenvalue weighted by Crippen LogP contribution is 2.33. The SMILES string of the molecule is c1cc(-c2ccc3ccc4ccc(-c5ccc(-c6ccc7nccnc7c6)cc5)nc4c3n2)cc(-c2cccc3ccccc23)c1. The van der Waals surface area contributed by atoms with Crippen LogP contribution in [0.1, 0.15) is 0 Å². The number of pyridine rings is 2. The van der Waals surface area contributed by atoms with Crippen molar-refractivity contribution in [2.24, 2.45) is 0 Å². The van der Waals surface area contributed by atoms with Gasteiger partial charge in [-0.3, -0.25) is 9.97 Å². The van der Waals surface area contributed by atoms with E-state index in [-0.39, 0.29) is 0 Å². The average molecular weight is 587 g/mol. The maximum Gasteiger partial charge on any atom is 0.0972 e. The van der Waals surface area contributed by atoms with Gasteiger partial charge in [-0.2, -0.15) is 0 Å².